The molecule has 0 aliphatic carbocycles. The summed E-state index contributed by atoms with van der Waals surface area (Å²) in [5.41, 5.74) is 1.36. The van der Waals surface area contributed by atoms with Crippen molar-refractivity contribution in [3.8, 4) is 0 Å². The van der Waals surface area contributed by atoms with Crippen LogP contribution in [0.2, 0.25) is 0 Å². The third-order valence-corrected chi connectivity index (χ3v) is 4.13. The van der Waals surface area contributed by atoms with E-state index in [1.54, 1.807) is 7.11 Å². The lowest BCUT2D eigenvalue weighted by molar-refractivity contribution is 0.0681. The van der Waals surface area contributed by atoms with Crippen molar-refractivity contribution in [2.24, 2.45) is 5.92 Å². The van der Waals surface area contributed by atoms with Crippen LogP contribution in [0.1, 0.15) is 25.8 Å². The van der Waals surface area contributed by atoms with Crippen molar-refractivity contribution in [3.63, 3.8) is 0 Å². The maximum atomic E-state index is 5.70. The molecule has 1 N–H and O–H groups in total. The fourth-order valence-electron chi connectivity index (χ4n) is 2.20. The molecular weight excluding hydrogens is 330 g/mol. The topological polar surface area (TPSA) is 30.5 Å². The first-order chi connectivity index (χ1) is 10.1. The lowest BCUT2D eigenvalue weighted by atomic mass is 9.96. The Morgan fingerprint density at radius 1 is 1.19 bits per heavy atom. The molecule has 1 aromatic rings. The molecule has 0 aliphatic rings. The molecule has 4 heteroatoms. The summed E-state index contributed by atoms with van der Waals surface area (Å²) in [6.45, 7) is 7.63. The van der Waals surface area contributed by atoms with E-state index in [2.05, 4.69) is 59.4 Å². The van der Waals surface area contributed by atoms with Crippen LogP contribution < -0.4 is 5.32 Å². The second kappa shape index (κ2) is 11.2. The van der Waals surface area contributed by atoms with E-state index in [0.29, 0.717) is 12.0 Å². The van der Waals surface area contributed by atoms with Crippen LogP contribution in [0.4, 0.5) is 0 Å². The molecule has 3 nitrogen and oxygen atoms in total. The summed E-state index contributed by atoms with van der Waals surface area (Å²) in [4.78, 5) is 0. The third kappa shape index (κ3) is 8.57. The zero-order chi connectivity index (χ0) is 15.5. The first kappa shape index (κ1) is 18.6. The van der Waals surface area contributed by atoms with E-state index < -0.39 is 0 Å². The van der Waals surface area contributed by atoms with Gasteiger partial charge in [-0.25, -0.2) is 0 Å². The average molecular weight is 358 g/mol. The minimum absolute atomic E-state index is 0.301. The molecule has 0 saturated heterocycles. The van der Waals surface area contributed by atoms with Gasteiger partial charge in [-0.1, -0.05) is 34.1 Å². The summed E-state index contributed by atoms with van der Waals surface area (Å²) in [5, 5.41) is 3.47. The Hall–Kier alpha value is -0.420. The molecule has 0 aliphatic heterocycles. The third-order valence-electron chi connectivity index (χ3n) is 3.36. The first-order valence-corrected chi connectivity index (χ1v) is 8.47. The summed E-state index contributed by atoms with van der Waals surface area (Å²) in [6, 6.07) is 8.45. The van der Waals surface area contributed by atoms with E-state index in [4.69, 9.17) is 9.47 Å². The van der Waals surface area contributed by atoms with Crippen LogP contribution in [-0.4, -0.2) is 39.5 Å². The molecule has 0 radical (unpaired) electrons. The second-order valence-corrected chi connectivity index (χ2v) is 6.42. The van der Waals surface area contributed by atoms with Gasteiger partial charge in [0, 0.05) is 24.7 Å². The Morgan fingerprint density at radius 3 is 2.62 bits per heavy atom. The summed E-state index contributed by atoms with van der Waals surface area (Å²) < 4.78 is 12.0. The fourth-order valence-corrected chi connectivity index (χ4v) is 2.65. The highest BCUT2D eigenvalue weighted by Crippen LogP contribution is 2.21. The molecule has 1 rings (SSSR count). The molecule has 0 aromatic heterocycles. The van der Waals surface area contributed by atoms with Gasteiger partial charge in [0.25, 0.3) is 0 Å². The Labute approximate surface area is 137 Å². The molecule has 21 heavy (non-hydrogen) atoms. The van der Waals surface area contributed by atoms with Crippen LogP contribution in [0, 0.1) is 5.92 Å². The molecule has 0 saturated carbocycles. The molecule has 120 valence electrons. The molecule has 0 spiro atoms. The van der Waals surface area contributed by atoms with Gasteiger partial charge in [0.05, 0.1) is 12.7 Å². The molecule has 1 aromatic carbocycles. The van der Waals surface area contributed by atoms with Crippen LogP contribution in [0.25, 0.3) is 0 Å². The van der Waals surface area contributed by atoms with Crippen LogP contribution in [-0.2, 0) is 15.9 Å². The van der Waals surface area contributed by atoms with E-state index in [0.717, 1.165) is 39.1 Å². The van der Waals surface area contributed by atoms with Crippen LogP contribution >= 0.6 is 15.9 Å². The van der Waals surface area contributed by atoms with Crippen molar-refractivity contribution in [1.82, 2.24) is 5.32 Å². The first-order valence-electron chi connectivity index (χ1n) is 7.68. The molecule has 0 fully saturated rings. The number of hydrogen-bond acceptors (Lipinski definition) is 3. The molecule has 0 heterocycles. The smallest absolute Gasteiger partial charge is 0.0587 e. The highest BCUT2D eigenvalue weighted by Gasteiger charge is 2.12. The van der Waals surface area contributed by atoms with Gasteiger partial charge in [0.2, 0.25) is 0 Å². The van der Waals surface area contributed by atoms with Gasteiger partial charge in [-0.05, 0) is 50.8 Å². The fraction of sp³-hybridized carbons (Fsp3) is 0.647. The number of ether oxygens (including phenoxy) is 2. The van der Waals surface area contributed by atoms with Gasteiger partial charge < -0.3 is 14.8 Å². The van der Waals surface area contributed by atoms with Crippen molar-refractivity contribution in [3.05, 3.63) is 34.3 Å². The van der Waals surface area contributed by atoms with Crippen molar-refractivity contribution in [2.75, 3.05) is 33.4 Å². The summed E-state index contributed by atoms with van der Waals surface area (Å²) in [7, 11) is 1.73. The van der Waals surface area contributed by atoms with Gasteiger partial charge >= 0.3 is 0 Å². The zero-order valence-corrected chi connectivity index (χ0v) is 15.0. The lowest BCUT2D eigenvalue weighted by Gasteiger charge is -2.19. The Kier molecular flexibility index (Phi) is 9.92. The van der Waals surface area contributed by atoms with Crippen LogP contribution in [0.15, 0.2) is 28.7 Å². The minimum atomic E-state index is 0.301. The normalized spacial score (nSPS) is 12.8. The maximum absolute atomic E-state index is 5.70. The van der Waals surface area contributed by atoms with E-state index in [-0.39, 0.29) is 0 Å². The minimum Gasteiger partial charge on any atom is -0.383 e. The van der Waals surface area contributed by atoms with E-state index in [1.165, 1.54) is 10.0 Å². The molecular formula is C17H28BrNO2. The Morgan fingerprint density at radius 2 is 1.95 bits per heavy atom. The largest absolute Gasteiger partial charge is 0.383 e. The standard InChI is InChI=1S/C17H28BrNO2/c1-14(2)21-10-8-15(13-19-9-11-20-3)12-16-6-4-5-7-17(16)18/h4-7,14-15,19H,8-13H2,1-3H3. The number of hydrogen-bond donors (Lipinski definition) is 1. The lowest BCUT2D eigenvalue weighted by Crippen LogP contribution is -2.28. The summed E-state index contributed by atoms with van der Waals surface area (Å²) in [6.07, 6.45) is 2.43. The van der Waals surface area contributed by atoms with E-state index in [9.17, 15) is 0 Å². The van der Waals surface area contributed by atoms with Gasteiger partial charge in [-0.15, -0.1) is 0 Å². The number of halogens is 1. The van der Waals surface area contributed by atoms with Gasteiger partial charge in [0.1, 0.15) is 0 Å². The molecule has 0 amide bonds. The monoisotopic (exact) mass is 357 g/mol. The van der Waals surface area contributed by atoms with Crippen LogP contribution in [0.3, 0.4) is 0 Å². The average Bonchev–Trinajstić information content (AvgIpc) is 2.45. The van der Waals surface area contributed by atoms with Crippen molar-refractivity contribution < 1.29 is 9.47 Å². The summed E-state index contributed by atoms with van der Waals surface area (Å²) >= 11 is 3.64. The zero-order valence-electron chi connectivity index (χ0n) is 13.4. The Balaban J connectivity index is 2.47. The molecule has 1 atom stereocenters. The highest BCUT2D eigenvalue weighted by molar-refractivity contribution is 9.10. The number of benzene rings is 1. The number of rotatable bonds is 11. The Bertz CT molecular complexity index is 385. The molecule has 0 bridgehead atoms. The van der Waals surface area contributed by atoms with E-state index >= 15 is 0 Å². The second-order valence-electron chi connectivity index (χ2n) is 5.57. The maximum Gasteiger partial charge on any atom is 0.0587 e. The van der Waals surface area contributed by atoms with Crippen LogP contribution in [0.5, 0.6) is 0 Å². The van der Waals surface area contributed by atoms with Gasteiger partial charge in [-0.3, -0.25) is 0 Å². The predicted octanol–water partition coefficient (Wildman–Crippen LogP) is 3.66. The van der Waals surface area contributed by atoms with Crippen molar-refractivity contribution in [1.29, 1.82) is 0 Å². The summed E-state index contributed by atoms with van der Waals surface area (Å²) in [5.74, 6) is 0.569. The number of methoxy groups -OCH3 is 1. The molecule has 1 unspecified atom stereocenters. The van der Waals surface area contributed by atoms with Crippen molar-refractivity contribution >= 4 is 15.9 Å². The van der Waals surface area contributed by atoms with Gasteiger partial charge in [-0.2, -0.15) is 0 Å². The van der Waals surface area contributed by atoms with Crippen molar-refractivity contribution in [2.45, 2.75) is 32.8 Å². The predicted molar refractivity (Wildman–Crippen MR) is 91.8 cm³/mol. The number of nitrogens with one attached hydrogen (secondary N) is 1. The van der Waals surface area contributed by atoms with Gasteiger partial charge in [0.15, 0.2) is 0 Å². The SMILES string of the molecule is COCCNCC(CCOC(C)C)Cc1ccccc1Br. The quantitative estimate of drug-likeness (QED) is 0.613. The highest BCUT2D eigenvalue weighted by atomic mass is 79.9. The van der Waals surface area contributed by atoms with E-state index in [1.807, 2.05) is 0 Å².